The fraction of sp³-hybridized carbons (Fsp3) is 0.0909. The van der Waals surface area contributed by atoms with E-state index in [0.717, 1.165) is 5.52 Å². The third-order valence-corrected chi connectivity index (χ3v) is 6.68. The van der Waals surface area contributed by atoms with Gasteiger partial charge in [-0.05, 0) is 48.0 Å². The van der Waals surface area contributed by atoms with Crippen LogP contribution in [0.25, 0.3) is 11.0 Å². The maximum atomic E-state index is 12.6. The van der Waals surface area contributed by atoms with E-state index < -0.39 is 9.84 Å². The molecule has 0 aliphatic carbocycles. The number of anilines is 1. The number of rotatable bonds is 5. The monoisotopic (exact) mass is 439 g/mol. The van der Waals surface area contributed by atoms with Crippen molar-refractivity contribution in [2.24, 2.45) is 7.05 Å². The first-order valence-electron chi connectivity index (χ1n) is 9.13. The van der Waals surface area contributed by atoms with E-state index in [-0.39, 0.29) is 16.6 Å². The molecule has 3 aromatic carbocycles. The fourth-order valence-electron chi connectivity index (χ4n) is 3.14. The highest BCUT2D eigenvalue weighted by Crippen LogP contribution is 2.22. The minimum absolute atomic E-state index is 0.134. The Kier molecular flexibility index (Phi) is 5.32. The zero-order valence-corrected chi connectivity index (χ0v) is 17.6. The molecule has 0 atom stereocenters. The summed E-state index contributed by atoms with van der Waals surface area (Å²) in [5.41, 5.74) is 2.53. The number of nitrogens with zero attached hydrogens (tertiary/aromatic N) is 2. The Balaban J connectivity index is 1.50. The molecule has 0 spiro atoms. The highest BCUT2D eigenvalue weighted by Gasteiger charge is 2.16. The lowest BCUT2D eigenvalue weighted by Gasteiger charge is -2.07. The molecule has 1 N–H and O–H groups in total. The number of sulfone groups is 1. The van der Waals surface area contributed by atoms with E-state index in [1.807, 2.05) is 6.07 Å². The Bertz CT molecular complexity index is 1330. The maximum absolute atomic E-state index is 12.6. The molecule has 0 saturated heterocycles. The zero-order valence-electron chi connectivity index (χ0n) is 16.0. The van der Waals surface area contributed by atoms with Crippen LogP contribution in [0.15, 0.2) is 77.7 Å². The molecule has 1 heterocycles. The summed E-state index contributed by atoms with van der Waals surface area (Å²) < 4.78 is 26.8. The Morgan fingerprint density at radius 2 is 1.73 bits per heavy atom. The van der Waals surface area contributed by atoms with Crippen molar-refractivity contribution in [2.75, 3.05) is 5.32 Å². The van der Waals surface area contributed by atoms with Gasteiger partial charge in [-0.15, -0.1) is 0 Å². The summed E-state index contributed by atoms with van der Waals surface area (Å²) in [4.78, 5) is 17.3. The first kappa shape index (κ1) is 20.1. The van der Waals surface area contributed by atoms with Crippen molar-refractivity contribution in [3.05, 3.63) is 88.9 Å². The average Bonchev–Trinajstić information content (AvgIpc) is 3.03. The molecule has 1 amide bonds. The summed E-state index contributed by atoms with van der Waals surface area (Å²) >= 11 is 6.00. The molecule has 0 aliphatic heterocycles. The molecule has 0 saturated carbocycles. The first-order chi connectivity index (χ1) is 14.3. The van der Waals surface area contributed by atoms with Gasteiger partial charge in [0.25, 0.3) is 5.91 Å². The lowest BCUT2D eigenvalue weighted by Crippen LogP contribution is -2.15. The van der Waals surface area contributed by atoms with Gasteiger partial charge in [-0.25, -0.2) is 13.4 Å². The number of benzene rings is 3. The van der Waals surface area contributed by atoms with E-state index in [1.165, 1.54) is 0 Å². The number of fused-ring (bicyclic) bond motifs is 1. The molecule has 4 aromatic rings. The highest BCUT2D eigenvalue weighted by molar-refractivity contribution is 7.90. The van der Waals surface area contributed by atoms with Gasteiger partial charge in [0.2, 0.25) is 5.95 Å². The number of carbonyl (C=O) groups excluding carboxylic acids is 1. The second kappa shape index (κ2) is 7.93. The predicted molar refractivity (Wildman–Crippen MR) is 117 cm³/mol. The van der Waals surface area contributed by atoms with Crippen LogP contribution in [0.5, 0.6) is 0 Å². The van der Waals surface area contributed by atoms with E-state index in [4.69, 9.17) is 11.6 Å². The van der Waals surface area contributed by atoms with Crippen LogP contribution in [0, 0.1) is 0 Å². The maximum Gasteiger partial charge on any atom is 0.257 e. The summed E-state index contributed by atoms with van der Waals surface area (Å²) in [6.07, 6.45) is 0. The van der Waals surface area contributed by atoms with Gasteiger partial charge in [-0.1, -0.05) is 41.9 Å². The number of hydrogen-bond acceptors (Lipinski definition) is 4. The van der Waals surface area contributed by atoms with Gasteiger partial charge in [0.15, 0.2) is 9.84 Å². The fourth-order valence-corrected chi connectivity index (χ4v) is 4.68. The number of halogens is 1. The number of aromatic nitrogens is 2. The van der Waals surface area contributed by atoms with Crippen LogP contribution in [-0.2, 0) is 22.6 Å². The quantitative estimate of drug-likeness (QED) is 0.498. The SMILES string of the molecule is Cn1c(NC(=O)c2ccc(CS(=O)(=O)c3ccccc3)cc2)nc2cc(Cl)ccc21. The molecule has 0 unspecified atom stereocenters. The van der Waals surface area contributed by atoms with E-state index in [9.17, 15) is 13.2 Å². The lowest BCUT2D eigenvalue weighted by molar-refractivity contribution is 0.102. The van der Waals surface area contributed by atoms with Crippen LogP contribution >= 0.6 is 11.6 Å². The van der Waals surface area contributed by atoms with Crippen molar-refractivity contribution in [3.63, 3.8) is 0 Å². The van der Waals surface area contributed by atoms with Crippen LogP contribution < -0.4 is 5.32 Å². The third-order valence-electron chi connectivity index (χ3n) is 4.74. The predicted octanol–water partition coefficient (Wildman–Crippen LogP) is 4.45. The van der Waals surface area contributed by atoms with Gasteiger partial charge in [-0.2, -0.15) is 0 Å². The van der Waals surface area contributed by atoms with Gasteiger partial charge in [0.05, 0.1) is 21.7 Å². The lowest BCUT2D eigenvalue weighted by atomic mass is 10.1. The molecule has 0 aliphatic rings. The molecule has 6 nitrogen and oxygen atoms in total. The molecule has 30 heavy (non-hydrogen) atoms. The molecular weight excluding hydrogens is 422 g/mol. The van der Waals surface area contributed by atoms with Gasteiger partial charge < -0.3 is 4.57 Å². The van der Waals surface area contributed by atoms with Crippen molar-refractivity contribution in [1.29, 1.82) is 0 Å². The zero-order chi connectivity index (χ0) is 21.3. The standard InChI is InChI=1S/C22H18ClN3O3S/c1-26-20-12-11-17(23)13-19(20)24-22(26)25-21(27)16-9-7-15(8-10-16)14-30(28,29)18-5-3-2-4-6-18/h2-13H,14H2,1H3,(H,24,25,27). The van der Waals surface area contributed by atoms with Crippen LogP contribution in [0.1, 0.15) is 15.9 Å². The second-order valence-corrected chi connectivity index (χ2v) is 9.28. The minimum Gasteiger partial charge on any atom is -0.313 e. The van der Waals surface area contributed by atoms with Crippen LogP contribution in [0.3, 0.4) is 0 Å². The van der Waals surface area contributed by atoms with Gasteiger partial charge in [0, 0.05) is 17.6 Å². The first-order valence-corrected chi connectivity index (χ1v) is 11.2. The number of nitrogens with one attached hydrogen (secondary N) is 1. The summed E-state index contributed by atoms with van der Waals surface area (Å²) in [6.45, 7) is 0. The molecule has 0 radical (unpaired) electrons. The van der Waals surface area contributed by atoms with Crippen molar-refractivity contribution < 1.29 is 13.2 Å². The molecule has 0 bridgehead atoms. The highest BCUT2D eigenvalue weighted by atomic mass is 35.5. The summed E-state index contributed by atoms with van der Waals surface area (Å²) in [6, 6.07) is 20.1. The number of carbonyl (C=O) groups is 1. The van der Waals surface area contributed by atoms with Gasteiger partial charge in [0.1, 0.15) is 0 Å². The molecule has 152 valence electrons. The normalized spacial score (nSPS) is 11.5. The smallest absolute Gasteiger partial charge is 0.257 e. The van der Waals surface area contributed by atoms with Crippen LogP contribution in [0.2, 0.25) is 5.02 Å². The van der Waals surface area contributed by atoms with Gasteiger partial charge >= 0.3 is 0 Å². The second-order valence-electron chi connectivity index (χ2n) is 6.85. The Morgan fingerprint density at radius 1 is 1.03 bits per heavy atom. The van der Waals surface area contributed by atoms with Crippen molar-refractivity contribution in [3.8, 4) is 0 Å². The Morgan fingerprint density at radius 3 is 2.43 bits per heavy atom. The third kappa shape index (κ3) is 4.08. The van der Waals surface area contributed by atoms with E-state index >= 15 is 0 Å². The summed E-state index contributed by atoms with van der Waals surface area (Å²) in [5, 5.41) is 3.35. The topological polar surface area (TPSA) is 81.1 Å². The molecule has 1 aromatic heterocycles. The minimum atomic E-state index is -3.44. The number of aryl methyl sites for hydroxylation is 1. The van der Waals surface area contributed by atoms with E-state index in [0.29, 0.717) is 27.6 Å². The summed E-state index contributed by atoms with van der Waals surface area (Å²) in [7, 11) is -1.64. The van der Waals surface area contributed by atoms with Crippen LogP contribution in [-0.4, -0.2) is 23.9 Å². The van der Waals surface area contributed by atoms with Crippen LogP contribution in [0.4, 0.5) is 5.95 Å². The molecule has 8 heteroatoms. The van der Waals surface area contributed by atoms with E-state index in [2.05, 4.69) is 10.3 Å². The largest absolute Gasteiger partial charge is 0.313 e. The van der Waals surface area contributed by atoms with Crippen molar-refractivity contribution in [1.82, 2.24) is 9.55 Å². The molecule has 0 fully saturated rings. The average molecular weight is 440 g/mol. The summed E-state index contributed by atoms with van der Waals surface area (Å²) in [5.74, 6) is -0.0743. The van der Waals surface area contributed by atoms with Gasteiger partial charge in [-0.3, -0.25) is 10.1 Å². The van der Waals surface area contributed by atoms with Crippen molar-refractivity contribution in [2.45, 2.75) is 10.6 Å². The Hall–Kier alpha value is -3.16. The number of amides is 1. The van der Waals surface area contributed by atoms with Crippen molar-refractivity contribution >= 4 is 44.3 Å². The molecule has 4 rings (SSSR count). The molecular formula is C22H18ClN3O3S. The van der Waals surface area contributed by atoms with E-state index in [1.54, 1.807) is 78.3 Å². The Labute approximate surface area is 179 Å². The number of hydrogen-bond donors (Lipinski definition) is 1. The number of imidazole rings is 1.